The van der Waals surface area contributed by atoms with Crippen molar-refractivity contribution >= 4 is 25.6 Å². The average molecular weight is 699 g/mol. The molecule has 0 saturated heterocycles. The van der Waals surface area contributed by atoms with Crippen LogP contribution in [-0.2, 0) is 13.9 Å². The number of rotatable bonds is 18. The molecule has 6 nitrogen and oxygen atoms in total. The fourth-order valence-corrected chi connectivity index (χ4v) is 7.66. The smallest absolute Gasteiger partial charge is 0.336 e. The molecule has 0 aliphatic heterocycles. The standard InChI is InChI=1S/C32H64O3Si.C10H6O3/c1-16-18-19-25(5)28(8)29(9)31(35-36(14,15)32(10,11)12)27(7)21-23(3)20-26(6)30(24(4)17-2)34-22-33-13;11-6-7-1-3-9-8(5-7)2-4-10(12)13-9/h18-20,24-31H,16-17,21-22H2,1-15H3;1-6H/b19-18-,23-20-;/t24?,25?,26-,27-,28-,29+,30-,31+;/m0./s1. The summed E-state index contributed by atoms with van der Waals surface area (Å²) in [6.45, 7) is 33.1. The van der Waals surface area contributed by atoms with E-state index in [9.17, 15) is 9.59 Å². The molecule has 1 aromatic heterocycles. The van der Waals surface area contributed by atoms with Gasteiger partial charge in [0.2, 0.25) is 0 Å². The molecular weight excluding hydrogens is 629 g/mol. The summed E-state index contributed by atoms with van der Waals surface area (Å²) < 4.78 is 23.4. The van der Waals surface area contributed by atoms with Gasteiger partial charge in [0.15, 0.2) is 8.32 Å². The summed E-state index contributed by atoms with van der Waals surface area (Å²) in [4.78, 5) is 21.2. The quantitative estimate of drug-likeness (QED) is 0.0507. The maximum atomic E-state index is 10.8. The fourth-order valence-electron chi connectivity index (χ4n) is 6.18. The number of carbonyl (C=O) groups is 1. The highest BCUT2D eigenvalue weighted by atomic mass is 28.4. The van der Waals surface area contributed by atoms with Crippen molar-refractivity contribution in [2.24, 2.45) is 35.5 Å². The Bertz CT molecular complexity index is 1370. The molecule has 2 aromatic rings. The van der Waals surface area contributed by atoms with Gasteiger partial charge in [-0.05, 0) is 91.8 Å². The van der Waals surface area contributed by atoms with Gasteiger partial charge < -0.3 is 18.3 Å². The second-order valence-corrected chi connectivity index (χ2v) is 20.7. The first-order valence-electron chi connectivity index (χ1n) is 18.4. The number of fused-ring (bicyclic) bond motifs is 1. The van der Waals surface area contributed by atoms with Crippen molar-refractivity contribution in [2.45, 2.75) is 133 Å². The molecule has 278 valence electrons. The summed E-state index contributed by atoms with van der Waals surface area (Å²) in [6, 6.07) is 7.86. The Hall–Kier alpha value is -2.32. The summed E-state index contributed by atoms with van der Waals surface area (Å²) in [5.41, 5.74) is 2.12. The molecule has 8 atom stereocenters. The van der Waals surface area contributed by atoms with Gasteiger partial charge in [0.05, 0.1) is 12.2 Å². The zero-order chi connectivity index (χ0) is 37.5. The van der Waals surface area contributed by atoms with E-state index in [0.717, 1.165) is 30.9 Å². The summed E-state index contributed by atoms with van der Waals surface area (Å²) in [5.74, 6) is 2.87. The minimum atomic E-state index is -1.91. The SMILES string of the molecule is CC/C=C\C(C)[C@H](C)[C@@H](C)[C@H](O[Si](C)(C)C(C)(C)C)[C@@H](C)C/C(C)=C\[C@H](C)[C@@H](OCOC)C(C)CC.O=Cc1ccc2oc(=O)ccc2c1. The normalized spacial score (nSPS) is 17.8. The third-order valence-electron chi connectivity index (χ3n) is 10.7. The van der Waals surface area contributed by atoms with Crippen molar-refractivity contribution in [1.82, 2.24) is 0 Å². The lowest BCUT2D eigenvalue weighted by Crippen LogP contribution is -2.48. The van der Waals surface area contributed by atoms with E-state index in [1.807, 2.05) is 0 Å². The number of hydrogen-bond acceptors (Lipinski definition) is 6. The van der Waals surface area contributed by atoms with Gasteiger partial charge in [0.1, 0.15) is 18.7 Å². The van der Waals surface area contributed by atoms with Crippen molar-refractivity contribution in [1.29, 1.82) is 0 Å². The first kappa shape index (κ1) is 44.7. The molecule has 1 aromatic carbocycles. The van der Waals surface area contributed by atoms with Gasteiger partial charge in [-0.2, -0.15) is 0 Å². The van der Waals surface area contributed by atoms with Crippen molar-refractivity contribution in [2.75, 3.05) is 13.9 Å². The lowest BCUT2D eigenvalue weighted by atomic mass is 9.77. The lowest BCUT2D eigenvalue weighted by Gasteiger charge is -2.44. The van der Waals surface area contributed by atoms with Crippen molar-refractivity contribution in [3.8, 4) is 0 Å². The molecule has 2 unspecified atom stereocenters. The highest BCUT2D eigenvalue weighted by Crippen LogP contribution is 2.41. The third kappa shape index (κ3) is 14.4. The highest BCUT2D eigenvalue weighted by molar-refractivity contribution is 6.74. The molecule has 0 aliphatic carbocycles. The van der Waals surface area contributed by atoms with E-state index in [0.29, 0.717) is 53.4 Å². The van der Waals surface area contributed by atoms with Crippen LogP contribution in [0.2, 0.25) is 18.1 Å². The monoisotopic (exact) mass is 698 g/mol. The Morgan fingerprint density at radius 3 is 2.12 bits per heavy atom. The van der Waals surface area contributed by atoms with Gasteiger partial charge >= 0.3 is 5.63 Å². The van der Waals surface area contributed by atoms with E-state index in [1.54, 1.807) is 31.4 Å². The first-order valence-corrected chi connectivity index (χ1v) is 21.4. The van der Waals surface area contributed by atoms with Crippen molar-refractivity contribution in [3.63, 3.8) is 0 Å². The van der Waals surface area contributed by atoms with E-state index in [1.165, 1.54) is 11.6 Å². The van der Waals surface area contributed by atoms with E-state index in [2.05, 4.69) is 114 Å². The molecule has 0 saturated carbocycles. The molecule has 0 radical (unpaired) electrons. The Labute approximate surface area is 300 Å². The van der Waals surface area contributed by atoms with Gasteiger partial charge in [-0.25, -0.2) is 4.79 Å². The van der Waals surface area contributed by atoms with Crippen LogP contribution in [0, 0.1) is 35.5 Å². The molecular formula is C42H70O6Si. The van der Waals surface area contributed by atoms with Crippen LogP contribution in [0.5, 0.6) is 0 Å². The summed E-state index contributed by atoms with van der Waals surface area (Å²) in [6.07, 6.45) is 11.6. The largest absolute Gasteiger partial charge is 0.423 e. The van der Waals surface area contributed by atoms with Gasteiger partial charge in [-0.15, -0.1) is 0 Å². The number of allylic oxidation sites excluding steroid dienone is 3. The molecule has 0 amide bonds. The summed E-state index contributed by atoms with van der Waals surface area (Å²) in [7, 11) is -0.208. The van der Waals surface area contributed by atoms with E-state index < -0.39 is 8.32 Å². The number of ether oxygens (including phenoxy) is 2. The predicted octanol–water partition coefficient (Wildman–Crippen LogP) is 11.5. The van der Waals surface area contributed by atoms with Crippen LogP contribution in [0.15, 0.2) is 63.3 Å². The number of carbonyl (C=O) groups excluding carboxylic acids is 1. The third-order valence-corrected chi connectivity index (χ3v) is 15.2. The molecule has 0 bridgehead atoms. The van der Waals surface area contributed by atoms with E-state index in [4.69, 9.17) is 18.3 Å². The van der Waals surface area contributed by atoms with E-state index >= 15 is 0 Å². The van der Waals surface area contributed by atoms with Gasteiger partial charge in [0, 0.05) is 30.0 Å². The topological polar surface area (TPSA) is 75.0 Å². The summed E-state index contributed by atoms with van der Waals surface area (Å²) >= 11 is 0. The van der Waals surface area contributed by atoms with Crippen LogP contribution in [0.1, 0.15) is 113 Å². The molecule has 7 heteroatoms. The Morgan fingerprint density at radius 2 is 1.57 bits per heavy atom. The Morgan fingerprint density at radius 1 is 0.918 bits per heavy atom. The van der Waals surface area contributed by atoms with Gasteiger partial charge in [-0.3, -0.25) is 4.79 Å². The summed E-state index contributed by atoms with van der Waals surface area (Å²) in [5, 5.41) is 0.952. The highest BCUT2D eigenvalue weighted by Gasteiger charge is 2.42. The molecule has 49 heavy (non-hydrogen) atoms. The molecule has 2 rings (SSSR count). The second-order valence-electron chi connectivity index (χ2n) is 15.9. The minimum absolute atomic E-state index is 0.171. The number of aldehydes is 1. The number of hydrogen-bond donors (Lipinski definition) is 0. The Balaban J connectivity index is 0.000000755. The molecule has 1 heterocycles. The second kappa shape index (κ2) is 21.1. The van der Waals surface area contributed by atoms with Crippen molar-refractivity contribution in [3.05, 3.63) is 70.1 Å². The first-order chi connectivity index (χ1) is 22.8. The van der Waals surface area contributed by atoms with Gasteiger partial charge in [0.25, 0.3) is 0 Å². The van der Waals surface area contributed by atoms with Crippen LogP contribution < -0.4 is 5.63 Å². The van der Waals surface area contributed by atoms with Crippen LogP contribution in [0.25, 0.3) is 11.0 Å². The molecule has 0 N–H and O–H groups in total. The fraction of sp³-hybridized carbons (Fsp3) is 0.667. The van der Waals surface area contributed by atoms with Crippen LogP contribution in [0.3, 0.4) is 0 Å². The Kier molecular flexibility index (Phi) is 19.3. The van der Waals surface area contributed by atoms with Gasteiger partial charge in [-0.1, -0.05) is 106 Å². The predicted molar refractivity (Wildman–Crippen MR) is 210 cm³/mol. The minimum Gasteiger partial charge on any atom is -0.423 e. The molecule has 0 fully saturated rings. The van der Waals surface area contributed by atoms with Crippen LogP contribution >= 0.6 is 0 Å². The van der Waals surface area contributed by atoms with E-state index in [-0.39, 0.29) is 22.9 Å². The lowest BCUT2D eigenvalue weighted by molar-refractivity contribution is -0.102. The average Bonchev–Trinajstić information content (AvgIpc) is 3.04. The number of methoxy groups -OCH3 is 1. The zero-order valence-corrected chi connectivity index (χ0v) is 34.6. The maximum Gasteiger partial charge on any atom is 0.336 e. The van der Waals surface area contributed by atoms with Crippen LogP contribution in [0.4, 0.5) is 0 Å². The number of benzene rings is 1. The molecule has 0 aliphatic rings. The maximum absolute atomic E-state index is 10.8. The van der Waals surface area contributed by atoms with Crippen molar-refractivity contribution < 1.29 is 23.1 Å². The zero-order valence-electron chi connectivity index (χ0n) is 33.6. The molecule has 0 spiro atoms. The van der Waals surface area contributed by atoms with Crippen LogP contribution in [-0.4, -0.2) is 40.7 Å².